The van der Waals surface area contributed by atoms with Gasteiger partial charge in [0.25, 0.3) is 0 Å². The molecule has 2 aromatic heterocycles. The van der Waals surface area contributed by atoms with Crippen LogP contribution in [0.15, 0.2) is 45.6 Å². The molecule has 2 aliphatic heterocycles. The third-order valence-electron chi connectivity index (χ3n) is 6.57. The molecule has 0 radical (unpaired) electrons. The monoisotopic (exact) mass is 430 g/mol. The largest absolute Gasteiger partial charge is 0.422 e. The van der Waals surface area contributed by atoms with Crippen LogP contribution in [-0.4, -0.2) is 18.1 Å². The SMILES string of the molecule is CC1(C)Cc2cc3cc(-c4nc5ccccc5s4)c(=O)oc3c3c2N(C1)CC(C)(C)C3. The summed E-state index contributed by atoms with van der Waals surface area (Å²) in [5.74, 6) is 0. The lowest BCUT2D eigenvalue weighted by Crippen LogP contribution is -2.48. The number of anilines is 1. The third-order valence-corrected chi connectivity index (χ3v) is 7.64. The lowest BCUT2D eigenvalue weighted by molar-refractivity contribution is 0.289. The molecule has 2 aromatic carbocycles. The van der Waals surface area contributed by atoms with Crippen LogP contribution < -0.4 is 10.5 Å². The Morgan fingerprint density at radius 1 is 1.03 bits per heavy atom. The smallest absolute Gasteiger partial charge is 0.346 e. The maximum atomic E-state index is 13.1. The number of benzene rings is 2. The van der Waals surface area contributed by atoms with Gasteiger partial charge in [-0.25, -0.2) is 9.78 Å². The van der Waals surface area contributed by atoms with Crippen LogP contribution >= 0.6 is 11.3 Å². The quantitative estimate of drug-likeness (QED) is 0.345. The number of para-hydroxylation sites is 1. The minimum Gasteiger partial charge on any atom is -0.422 e. The normalized spacial score (nSPS) is 19.0. The Balaban J connectivity index is 1.61. The molecular weight excluding hydrogens is 404 g/mol. The first-order valence-corrected chi connectivity index (χ1v) is 11.7. The van der Waals surface area contributed by atoms with Crippen LogP contribution in [0, 0.1) is 10.8 Å². The first-order valence-electron chi connectivity index (χ1n) is 10.9. The van der Waals surface area contributed by atoms with Crippen molar-refractivity contribution in [3.63, 3.8) is 0 Å². The minimum atomic E-state index is -0.297. The lowest BCUT2D eigenvalue weighted by Gasteiger charge is -2.48. The van der Waals surface area contributed by atoms with E-state index in [0.717, 1.165) is 52.1 Å². The van der Waals surface area contributed by atoms with Gasteiger partial charge in [-0.3, -0.25) is 0 Å². The molecule has 0 fully saturated rings. The van der Waals surface area contributed by atoms with Gasteiger partial charge in [-0.2, -0.15) is 0 Å². The van der Waals surface area contributed by atoms with Gasteiger partial charge in [-0.1, -0.05) is 39.8 Å². The first kappa shape index (κ1) is 19.1. The molecule has 5 heteroatoms. The predicted octanol–water partition coefficient (Wildman–Crippen LogP) is 6.04. The Morgan fingerprint density at radius 3 is 2.55 bits per heavy atom. The number of aromatic nitrogens is 1. The van der Waals surface area contributed by atoms with Crippen LogP contribution in [0.3, 0.4) is 0 Å². The molecule has 2 aliphatic rings. The fraction of sp³-hybridized carbons (Fsp3) is 0.385. The van der Waals surface area contributed by atoms with Crippen molar-refractivity contribution in [2.45, 2.75) is 40.5 Å². The van der Waals surface area contributed by atoms with Crippen molar-refractivity contribution in [2.75, 3.05) is 18.0 Å². The molecule has 4 heterocycles. The van der Waals surface area contributed by atoms with Gasteiger partial charge in [-0.05, 0) is 53.5 Å². The fourth-order valence-corrected chi connectivity index (χ4v) is 6.54. The van der Waals surface area contributed by atoms with E-state index in [1.807, 2.05) is 30.3 Å². The number of hydrogen-bond donors (Lipinski definition) is 0. The zero-order chi connectivity index (χ0) is 21.5. The van der Waals surface area contributed by atoms with Gasteiger partial charge >= 0.3 is 5.63 Å². The third kappa shape index (κ3) is 3.01. The molecule has 0 spiro atoms. The van der Waals surface area contributed by atoms with Crippen LogP contribution in [0.25, 0.3) is 31.8 Å². The molecule has 0 N–H and O–H groups in total. The van der Waals surface area contributed by atoms with Crippen molar-refractivity contribution in [1.82, 2.24) is 4.98 Å². The van der Waals surface area contributed by atoms with Crippen LogP contribution in [0.4, 0.5) is 5.69 Å². The van der Waals surface area contributed by atoms with E-state index in [1.54, 1.807) is 11.3 Å². The zero-order valence-electron chi connectivity index (χ0n) is 18.4. The van der Waals surface area contributed by atoms with Gasteiger partial charge in [0.1, 0.15) is 10.6 Å². The molecule has 0 unspecified atom stereocenters. The zero-order valence-corrected chi connectivity index (χ0v) is 19.2. The van der Waals surface area contributed by atoms with Gasteiger partial charge in [-0.15, -0.1) is 11.3 Å². The van der Waals surface area contributed by atoms with E-state index in [0.29, 0.717) is 5.56 Å². The highest BCUT2D eigenvalue weighted by molar-refractivity contribution is 7.21. The molecule has 0 saturated heterocycles. The van der Waals surface area contributed by atoms with Crippen molar-refractivity contribution < 1.29 is 4.42 Å². The lowest BCUT2D eigenvalue weighted by atomic mass is 9.73. The van der Waals surface area contributed by atoms with E-state index in [9.17, 15) is 4.79 Å². The first-order chi connectivity index (χ1) is 14.7. The molecule has 0 bridgehead atoms. The summed E-state index contributed by atoms with van der Waals surface area (Å²) in [6.45, 7) is 11.4. The van der Waals surface area contributed by atoms with Crippen LogP contribution in [0.5, 0.6) is 0 Å². The van der Waals surface area contributed by atoms with E-state index >= 15 is 0 Å². The highest BCUT2D eigenvalue weighted by Gasteiger charge is 2.40. The van der Waals surface area contributed by atoms with Crippen LogP contribution in [0.2, 0.25) is 0 Å². The Kier molecular flexibility index (Phi) is 3.81. The van der Waals surface area contributed by atoms with Crippen molar-refractivity contribution in [3.8, 4) is 10.6 Å². The minimum absolute atomic E-state index is 0.135. The molecule has 6 rings (SSSR count). The average Bonchev–Trinajstić information content (AvgIpc) is 3.10. The molecular formula is C26H26N2O2S. The second-order valence-electron chi connectivity index (χ2n) is 10.8. The highest BCUT2D eigenvalue weighted by Crippen LogP contribution is 2.48. The molecule has 0 atom stereocenters. The fourth-order valence-electron chi connectivity index (χ4n) is 5.57. The van der Waals surface area contributed by atoms with Crippen molar-refractivity contribution in [2.24, 2.45) is 10.8 Å². The van der Waals surface area contributed by atoms with Gasteiger partial charge in [0.05, 0.1) is 15.8 Å². The average molecular weight is 431 g/mol. The Morgan fingerprint density at radius 2 is 1.77 bits per heavy atom. The number of rotatable bonds is 1. The standard InChI is InChI=1S/C26H26N2O2S/c1-25(2)11-16-9-15-10-17(23-27-19-7-5-6-8-20(19)31-23)24(29)30-22(15)18-12-26(3,4)14-28(13-25)21(16)18/h5-10H,11-14H2,1-4H3. The Hall–Kier alpha value is -2.66. The van der Waals surface area contributed by atoms with Crippen LogP contribution in [0.1, 0.15) is 38.8 Å². The molecule has 0 saturated carbocycles. The second-order valence-corrected chi connectivity index (χ2v) is 11.8. The van der Waals surface area contributed by atoms with Gasteiger partial charge in [0, 0.05) is 29.7 Å². The Labute approximate surface area is 185 Å². The molecule has 0 amide bonds. The maximum absolute atomic E-state index is 13.1. The van der Waals surface area contributed by atoms with Crippen molar-refractivity contribution in [3.05, 3.63) is 57.9 Å². The van der Waals surface area contributed by atoms with E-state index in [-0.39, 0.29) is 16.5 Å². The van der Waals surface area contributed by atoms with Gasteiger partial charge in [0.2, 0.25) is 0 Å². The second kappa shape index (κ2) is 6.19. The number of nitrogens with zero attached hydrogens (tertiary/aromatic N) is 2. The van der Waals surface area contributed by atoms with E-state index in [4.69, 9.17) is 9.40 Å². The number of hydrogen-bond acceptors (Lipinski definition) is 5. The number of thiazole rings is 1. The molecule has 31 heavy (non-hydrogen) atoms. The Bertz CT molecular complexity index is 1390. The van der Waals surface area contributed by atoms with Gasteiger partial charge < -0.3 is 9.32 Å². The summed E-state index contributed by atoms with van der Waals surface area (Å²) in [6, 6.07) is 12.2. The van der Waals surface area contributed by atoms with E-state index in [1.165, 1.54) is 16.8 Å². The van der Waals surface area contributed by atoms with E-state index < -0.39 is 0 Å². The summed E-state index contributed by atoms with van der Waals surface area (Å²) in [6.07, 6.45) is 1.96. The van der Waals surface area contributed by atoms with Gasteiger partial charge in [0.15, 0.2) is 0 Å². The summed E-state index contributed by atoms with van der Waals surface area (Å²) in [4.78, 5) is 20.3. The molecule has 4 aromatic rings. The maximum Gasteiger partial charge on any atom is 0.346 e. The van der Waals surface area contributed by atoms with Crippen molar-refractivity contribution >= 4 is 38.2 Å². The summed E-state index contributed by atoms with van der Waals surface area (Å²) in [7, 11) is 0. The summed E-state index contributed by atoms with van der Waals surface area (Å²) >= 11 is 1.54. The topological polar surface area (TPSA) is 46.3 Å². The molecule has 158 valence electrons. The summed E-state index contributed by atoms with van der Waals surface area (Å²) in [5.41, 5.74) is 6.17. The highest BCUT2D eigenvalue weighted by atomic mass is 32.1. The molecule has 0 aliphatic carbocycles. The van der Waals surface area contributed by atoms with E-state index in [2.05, 4.69) is 38.7 Å². The summed E-state index contributed by atoms with van der Waals surface area (Å²) < 4.78 is 7.12. The predicted molar refractivity (Wildman–Crippen MR) is 128 cm³/mol. The van der Waals surface area contributed by atoms with Crippen LogP contribution in [-0.2, 0) is 12.8 Å². The summed E-state index contributed by atoms with van der Waals surface area (Å²) in [5, 5.41) is 1.74. The molecule has 4 nitrogen and oxygen atoms in total. The van der Waals surface area contributed by atoms with Crippen molar-refractivity contribution in [1.29, 1.82) is 0 Å². The number of fused-ring (bicyclic) bond motifs is 3.